The van der Waals surface area contributed by atoms with E-state index in [-0.39, 0.29) is 10.8 Å². The fourth-order valence-electron chi connectivity index (χ4n) is 2.09. The Morgan fingerprint density at radius 2 is 2.00 bits per heavy atom. The molecule has 0 aromatic heterocycles. The lowest BCUT2D eigenvalue weighted by atomic mass is 9.98. The van der Waals surface area contributed by atoms with Gasteiger partial charge in [-0.05, 0) is 37.4 Å². The number of benzene rings is 1. The van der Waals surface area contributed by atoms with Crippen LogP contribution in [0.3, 0.4) is 0 Å². The molecule has 1 rings (SSSR count). The zero-order chi connectivity index (χ0) is 13.5. The molecule has 0 aliphatic carbocycles. The van der Waals surface area contributed by atoms with Crippen LogP contribution in [-0.2, 0) is 6.42 Å². The predicted molar refractivity (Wildman–Crippen MR) is 76.7 cm³/mol. The molecule has 1 aromatic rings. The van der Waals surface area contributed by atoms with Crippen molar-refractivity contribution in [3.8, 4) is 0 Å². The van der Waals surface area contributed by atoms with Gasteiger partial charge in [-0.25, -0.2) is 4.39 Å². The Balaban J connectivity index is 2.54. The van der Waals surface area contributed by atoms with E-state index < -0.39 is 0 Å². The molecule has 102 valence electrons. The third kappa shape index (κ3) is 4.95. The lowest BCUT2D eigenvalue weighted by Crippen LogP contribution is -2.28. The lowest BCUT2D eigenvalue weighted by Gasteiger charge is -2.17. The van der Waals surface area contributed by atoms with E-state index in [0.29, 0.717) is 18.0 Å². The molecule has 1 N–H and O–H groups in total. The molecule has 1 aromatic carbocycles. The monoisotopic (exact) mass is 271 g/mol. The summed E-state index contributed by atoms with van der Waals surface area (Å²) >= 11 is 5.79. The van der Waals surface area contributed by atoms with Crippen LogP contribution in [0, 0.1) is 11.7 Å². The first-order valence-corrected chi connectivity index (χ1v) is 7.02. The number of likely N-dealkylation sites (N-methyl/N-ethyl adjacent to an activating group) is 1. The molecule has 0 radical (unpaired) electrons. The molecule has 0 heterocycles. The van der Waals surface area contributed by atoms with E-state index in [1.165, 1.54) is 12.8 Å². The van der Waals surface area contributed by atoms with Gasteiger partial charge in [0.1, 0.15) is 5.82 Å². The highest BCUT2D eigenvalue weighted by Crippen LogP contribution is 2.20. The van der Waals surface area contributed by atoms with E-state index in [9.17, 15) is 4.39 Å². The van der Waals surface area contributed by atoms with Gasteiger partial charge in [0.15, 0.2) is 0 Å². The molecule has 0 spiro atoms. The summed E-state index contributed by atoms with van der Waals surface area (Å²) in [4.78, 5) is 0. The van der Waals surface area contributed by atoms with Crippen LogP contribution in [0.5, 0.6) is 0 Å². The van der Waals surface area contributed by atoms with Gasteiger partial charge in [-0.3, -0.25) is 0 Å². The first-order chi connectivity index (χ1) is 8.54. The molecule has 0 fully saturated rings. The number of nitrogens with one attached hydrogen (secondary N) is 1. The number of hydrogen-bond acceptors (Lipinski definition) is 1. The molecular formula is C15H23ClFN. The van der Waals surface area contributed by atoms with Gasteiger partial charge >= 0.3 is 0 Å². The largest absolute Gasteiger partial charge is 0.317 e. The van der Waals surface area contributed by atoms with Crippen molar-refractivity contribution in [3.63, 3.8) is 0 Å². The zero-order valence-electron chi connectivity index (χ0n) is 11.5. The summed E-state index contributed by atoms with van der Waals surface area (Å²) in [5.74, 6) is 0.452. The molecule has 3 heteroatoms. The van der Waals surface area contributed by atoms with E-state index in [2.05, 4.69) is 19.2 Å². The van der Waals surface area contributed by atoms with Gasteiger partial charge in [-0.2, -0.15) is 0 Å². The first kappa shape index (κ1) is 15.5. The van der Waals surface area contributed by atoms with Crippen LogP contribution >= 0.6 is 11.6 Å². The Bertz CT molecular complexity index is 366. The molecular weight excluding hydrogens is 249 g/mol. The first-order valence-electron chi connectivity index (χ1n) is 6.64. The van der Waals surface area contributed by atoms with Crippen LogP contribution < -0.4 is 5.32 Å². The van der Waals surface area contributed by atoms with Crippen molar-refractivity contribution in [1.82, 2.24) is 5.32 Å². The fraction of sp³-hybridized carbons (Fsp3) is 0.600. The van der Waals surface area contributed by atoms with E-state index in [4.69, 9.17) is 11.6 Å². The minimum absolute atomic E-state index is 0.213. The predicted octanol–water partition coefficient (Wildman–Crippen LogP) is 4.44. The summed E-state index contributed by atoms with van der Waals surface area (Å²) in [5, 5.41) is 3.47. The molecule has 1 atom stereocenters. The highest BCUT2D eigenvalue weighted by molar-refractivity contribution is 6.30. The minimum atomic E-state index is -0.275. The van der Waals surface area contributed by atoms with Crippen molar-refractivity contribution in [3.05, 3.63) is 34.6 Å². The maximum atomic E-state index is 13.8. The molecule has 0 saturated heterocycles. The Labute approximate surface area is 115 Å². The van der Waals surface area contributed by atoms with Gasteiger partial charge in [0.25, 0.3) is 0 Å². The molecule has 0 aliphatic rings. The maximum Gasteiger partial charge on any atom is 0.145 e. The summed E-state index contributed by atoms with van der Waals surface area (Å²) in [6.45, 7) is 4.45. The summed E-state index contributed by atoms with van der Waals surface area (Å²) in [6, 6.07) is 5.53. The minimum Gasteiger partial charge on any atom is -0.317 e. The smallest absolute Gasteiger partial charge is 0.145 e. The molecule has 0 aliphatic heterocycles. The normalized spacial score (nSPS) is 13.0. The van der Waals surface area contributed by atoms with Gasteiger partial charge in [-0.1, -0.05) is 50.4 Å². The van der Waals surface area contributed by atoms with Crippen molar-refractivity contribution in [2.45, 2.75) is 45.6 Å². The summed E-state index contributed by atoms with van der Waals surface area (Å²) in [5.41, 5.74) is 0.700. The van der Waals surface area contributed by atoms with Crippen molar-refractivity contribution in [1.29, 1.82) is 0 Å². The van der Waals surface area contributed by atoms with Crippen LogP contribution in [-0.4, -0.2) is 13.1 Å². The van der Waals surface area contributed by atoms with Gasteiger partial charge in [0.2, 0.25) is 0 Å². The lowest BCUT2D eigenvalue weighted by molar-refractivity contribution is 0.452. The second-order valence-electron chi connectivity index (χ2n) is 5.23. The van der Waals surface area contributed by atoms with Gasteiger partial charge in [-0.15, -0.1) is 0 Å². The average Bonchev–Trinajstić information content (AvgIpc) is 2.33. The van der Waals surface area contributed by atoms with E-state index in [1.807, 2.05) is 19.2 Å². The number of rotatable bonds is 7. The van der Waals surface area contributed by atoms with E-state index in [1.54, 1.807) is 6.07 Å². The Hall–Kier alpha value is -0.600. The Morgan fingerprint density at radius 1 is 1.28 bits per heavy atom. The zero-order valence-corrected chi connectivity index (χ0v) is 12.2. The molecule has 0 saturated carbocycles. The quantitative estimate of drug-likeness (QED) is 0.773. The van der Waals surface area contributed by atoms with E-state index in [0.717, 1.165) is 12.3 Å². The third-order valence-corrected chi connectivity index (χ3v) is 3.53. The molecule has 1 unspecified atom stereocenters. The number of halogens is 2. The van der Waals surface area contributed by atoms with Crippen molar-refractivity contribution < 1.29 is 4.39 Å². The molecule has 1 nitrogen and oxygen atoms in total. The van der Waals surface area contributed by atoms with E-state index >= 15 is 0 Å². The molecule has 0 amide bonds. The van der Waals surface area contributed by atoms with Crippen LogP contribution in [0.1, 0.15) is 38.7 Å². The van der Waals surface area contributed by atoms with Gasteiger partial charge in [0, 0.05) is 6.04 Å². The second kappa shape index (κ2) is 7.75. The molecule has 18 heavy (non-hydrogen) atoms. The molecule has 0 bridgehead atoms. The summed E-state index contributed by atoms with van der Waals surface area (Å²) < 4.78 is 13.8. The van der Waals surface area contributed by atoms with Gasteiger partial charge in [0.05, 0.1) is 5.02 Å². The maximum absolute atomic E-state index is 13.8. The highest BCUT2D eigenvalue weighted by atomic mass is 35.5. The highest BCUT2D eigenvalue weighted by Gasteiger charge is 2.12. The third-order valence-electron chi connectivity index (χ3n) is 3.24. The van der Waals surface area contributed by atoms with Gasteiger partial charge < -0.3 is 5.32 Å². The van der Waals surface area contributed by atoms with Crippen molar-refractivity contribution >= 4 is 11.6 Å². The van der Waals surface area contributed by atoms with Crippen LogP contribution in [0.2, 0.25) is 5.02 Å². The van der Waals surface area contributed by atoms with Crippen LogP contribution in [0.25, 0.3) is 0 Å². The average molecular weight is 272 g/mol. The van der Waals surface area contributed by atoms with Crippen LogP contribution in [0.15, 0.2) is 18.2 Å². The second-order valence-corrected chi connectivity index (χ2v) is 5.63. The Kier molecular flexibility index (Phi) is 6.66. The topological polar surface area (TPSA) is 12.0 Å². The summed E-state index contributed by atoms with van der Waals surface area (Å²) in [7, 11) is 1.93. The standard InChI is InChI=1S/C15H23ClFN/c1-11(2)6-4-8-13(18-3)10-12-7-5-9-14(16)15(12)17/h5,7,9,11,13,18H,4,6,8,10H2,1-3H3. The fourth-order valence-corrected chi connectivity index (χ4v) is 2.29. The number of hydrogen-bond donors (Lipinski definition) is 1. The van der Waals surface area contributed by atoms with Crippen molar-refractivity contribution in [2.24, 2.45) is 5.92 Å². The van der Waals surface area contributed by atoms with Crippen molar-refractivity contribution in [2.75, 3.05) is 7.05 Å². The van der Waals surface area contributed by atoms with Crippen LogP contribution in [0.4, 0.5) is 4.39 Å². The Morgan fingerprint density at radius 3 is 2.61 bits per heavy atom. The summed E-state index contributed by atoms with van der Waals surface area (Å²) in [6.07, 6.45) is 4.16. The SMILES string of the molecule is CNC(CCCC(C)C)Cc1cccc(Cl)c1F.